The largest absolute Gasteiger partial charge is 0.468 e. The lowest BCUT2D eigenvalue weighted by Gasteiger charge is -2.31. The van der Waals surface area contributed by atoms with Crippen molar-refractivity contribution in [3.8, 4) is 0 Å². The minimum Gasteiger partial charge on any atom is -0.468 e. The molecule has 0 radical (unpaired) electrons. The van der Waals surface area contributed by atoms with Crippen molar-refractivity contribution >= 4 is 13.5 Å². The van der Waals surface area contributed by atoms with Crippen molar-refractivity contribution < 1.29 is 18.6 Å². The van der Waals surface area contributed by atoms with Crippen LogP contribution >= 0.6 is 7.52 Å². The van der Waals surface area contributed by atoms with Crippen molar-refractivity contribution in [2.24, 2.45) is 0 Å². The van der Waals surface area contributed by atoms with Gasteiger partial charge < -0.3 is 9.26 Å². The summed E-state index contributed by atoms with van der Waals surface area (Å²) in [5.41, 5.74) is 0. The van der Waals surface area contributed by atoms with Crippen LogP contribution < -0.4 is 5.09 Å². The van der Waals surface area contributed by atoms with E-state index in [0.29, 0.717) is 0 Å². The molecule has 0 amide bonds. The molecule has 0 aromatic heterocycles. The van der Waals surface area contributed by atoms with Gasteiger partial charge in [0.25, 0.3) is 7.52 Å². The molecule has 0 bridgehead atoms. The third kappa shape index (κ3) is 3.59. The van der Waals surface area contributed by atoms with E-state index in [0.717, 1.165) is 0 Å². The van der Waals surface area contributed by atoms with E-state index in [1.807, 2.05) is 0 Å². The normalized spacial score (nSPS) is 18.0. The fourth-order valence-corrected chi connectivity index (χ4v) is 2.66. The molecule has 0 aromatic rings. The molecule has 0 heterocycles. The van der Waals surface area contributed by atoms with Gasteiger partial charge in [0.05, 0.1) is 12.3 Å². The summed E-state index contributed by atoms with van der Waals surface area (Å²) >= 11 is 0. The maximum atomic E-state index is 12.3. The maximum Gasteiger partial charge on any atom is 0.323 e. The Morgan fingerprint density at radius 1 is 1.33 bits per heavy atom. The average Bonchev–Trinajstić information content (AvgIpc) is 2.14. The molecule has 5 nitrogen and oxygen atoms in total. The molecule has 0 rings (SSSR count). The van der Waals surface area contributed by atoms with Gasteiger partial charge in [0.2, 0.25) is 0 Å². The van der Waals surface area contributed by atoms with Crippen LogP contribution in [-0.4, -0.2) is 31.4 Å². The van der Waals surface area contributed by atoms with Crippen molar-refractivity contribution in [3.05, 3.63) is 0 Å². The molecule has 6 heteroatoms. The molecular formula is C9H20NO4P. The van der Waals surface area contributed by atoms with E-state index in [9.17, 15) is 9.36 Å². The first-order chi connectivity index (χ1) is 6.68. The first-order valence-corrected chi connectivity index (χ1v) is 6.32. The van der Waals surface area contributed by atoms with Crippen LogP contribution in [0.1, 0.15) is 27.7 Å². The van der Waals surface area contributed by atoms with Crippen LogP contribution in [0.5, 0.6) is 0 Å². The summed E-state index contributed by atoms with van der Waals surface area (Å²) in [6.45, 7) is 6.94. The number of hydrogen-bond donors (Lipinski definition) is 1. The summed E-state index contributed by atoms with van der Waals surface area (Å²) in [5, 5.41) is 2.13. The highest BCUT2D eigenvalue weighted by Crippen LogP contribution is 2.54. The van der Waals surface area contributed by atoms with E-state index in [4.69, 9.17) is 4.52 Å². The van der Waals surface area contributed by atoms with Gasteiger partial charge in [0.15, 0.2) is 0 Å². The second kappa shape index (κ2) is 5.10. The van der Waals surface area contributed by atoms with Crippen molar-refractivity contribution in [1.29, 1.82) is 0 Å². The zero-order valence-electron chi connectivity index (χ0n) is 10.2. The number of carbonyl (C=O) groups excluding carboxylic acids is 1. The Kier molecular flexibility index (Phi) is 4.97. The highest BCUT2D eigenvalue weighted by atomic mass is 31.2. The van der Waals surface area contributed by atoms with Crippen LogP contribution in [0.15, 0.2) is 0 Å². The SMILES string of the molecule is COC(=O)[C@H](C)NP(=O)(OC)C(C)(C)C. The summed E-state index contributed by atoms with van der Waals surface area (Å²) in [7, 11) is -0.407. The molecule has 0 aliphatic rings. The number of nitrogens with one attached hydrogen (secondary N) is 1. The standard InChI is InChI=1S/C9H20NO4P/c1-7(8(11)13-5)10-15(12,14-6)9(2,3)4/h7H,1-6H3,(H,10,12)/t7-,15?/m0/s1. The number of hydrogen-bond acceptors (Lipinski definition) is 4. The molecule has 15 heavy (non-hydrogen) atoms. The Morgan fingerprint density at radius 3 is 2.07 bits per heavy atom. The van der Waals surface area contributed by atoms with Gasteiger partial charge in [-0.25, -0.2) is 5.09 Å². The molecule has 2 atom stereocenters. The van der Waals surface area contributed by atoms with E-state index in [2.05, 4.69) is 9.82 Å². The van der Waals surface area contributed by atoms with Crippen molar-refractivity contribution in [2.75, 3.05) is 14.2 Å². The molecule has 0 aliphatic carbocycles. The second-order valence-corrected chi connectivity index (χ2v) is 7.35. The van der Waals surface area contributed by atoms with Gasteiger partial charge in [-0.3, -0.25) is 9.36 Å². The van der Waals surface area contributed by atoms with E-state index >= 15 is 0 Å². The second-order valence-electron chi connectivity index (χ2n) is 4.28. The Hall–Kier alpha value is -0.380. The van der Waals surface area contributed by atoms with Gasteiger partial charge in [-0.2, -0.15) is 0 Å². The van der Waals surface area contributed by atoms with E-state index in [1.54, 1.807) is 27.7 Å². The third-order valence-corrected chi connectivity index (χ3v) is 5.07. The zero-order chi connectivity index (χ0) is 12.3. The van der Waals surface area contributed by atoms with Gasteiger partial charge in [-0.1, -0.05) is 0 Å². The van der Waals surface area contributed by atoms with Crippen molar-refractivity contribution in [2.45, 2.75) is 38.9 Å². The molecule has 90 valence electrons. The van der Waals surface area contributed by atoms with Gasteiger partial charge in [-0.05, 0) is 27.7 Å². The summed E-state index contributed by atoms with van der Waals surface area (Å²) < 4.78 is 21.8. The number of rotatable bonds is 4. The predicted molar refractivity (Wildman–Crippen MR) is 59.0 cm³/mol. The van der Waals surface area contributed by atoms with Gasteiger partial charge in [0.1, 0.15) is 6.04 Å². The topological polar surface area (TPSA) is 64.6 Å². The van der Waals surface area contributed by atoms with Crippen molar-refractivity contribution in [1.82, 2.24) is 5.09 Å². The Morgan fingerprint density at radius 2 is 1.80 bits per heavy atom. The molecule has 1 N–H and O–H groups in total. The fourth-order valence-electron chi connectivity index (χ4n) is 1.00. The van der Waals surface area contributed by atoms with Crippen LogP contribution in [0.3, 0.4) is 0 Å². The number of ether oxygens (including phenoxy) is 1. The van der Waals surface area contributed by atoms with E-state index in [1.165, 1.54) is 14.2 Å². The summed E-state index contributed by atoms with van der Waals surface area (Å²) in [6, 6.07) is -0.653. The molecule has 0 aromatic carbocycles. The quantitative estimate of drug-likeness (QED) is 0.596. The van der Waals surface area contributed by atoms with Crippen LogP contribution in [-0.2, 0) is 18.6 Å². The molecule has 1 unspecified atom stereocenters. The van der Waals surface area contributed by atoms with Crippen LogP contribution in [0.2, 0.25) is 0 Å². The highest BCUT2D eigenvalue weighted by molar-refractivity contribution is 7.58. The van der Waals surface area contributed by atoms with Gasteiger partial charge >= 0.3 is 5.97 Å². The zero-order valence-corrected chi connectivity index (χ0v) is 11.1. The third-order valence-electron chi connectivity index (χ3n) is 2.06. The van der Waals surface area contributed by atoms with Crippen molar-refractivity contribution in [3.63, 3.8) is 0 Å². The lowest BCUT2D eigenvalue weighted by atomic mass is 10.3. The fraction of sp³-hybridized carbons (Fsp3) is 0.889. The molecule has 0 saturated heterocycles. The van der Waals surface area contributed by atoms with Crippen LogP contribution in [0, 0.1) is 0 Å². The molecule has 0 saturated carbocycles. The minimum atomic E-state index is -3.06. The maximum absolute atomic E-state index is 12.3. The minimum absolute atomic E-state index is 0.462. The smallest absolute Gasteiger partial charge is 0.323 e. The highest BCUT2D eigenvalue weighted by Gasteiger charge is 2.39. The summed E-state index contributed by atoms with van der Waals surface area (Å²) in [4.78, 5) is 11.2. The Labute approximate surface area is 91.0 Å². The summed E-state index contributed by atoms with van der Waals surface area (Å²) in [6.07, 6.45) is 0. The van der Waals surface area contributed by atoms with Crippen LogP contribution in [0.4, 0.5) is 0 Å². The predicted octanol–water partition coefficient (Wildman–Crippen LogP) is 1.78. The lowest BCUT2D eigenvalue weighted by Crippen LogP contribution is -2.37. The Balaban J connectivity index is 4.74. The number of carbonyl (C=O) groups is 1. The van der Waals surface area contributed by atoms with Gasteiger partial charge in [0, 0.05) is 7.11 Å². The number of esters is 1. The van der Waals surface area contributed by atoms with E-state index < -0.39 is 24.7 Å². The molecule has 0 aliphatic heterocycles. The lowest BCUT2D eigenvalue weighted by molar-refractivity contribution is -0.142. The first-order valence-electron chi connectivity index (χ1n) is 4.69. The number of methoxy groups -OCH3 is 1. The Bertz CT molecular complexity index is 272. The monoisotopic (exact) mass is 237 g/mol. The molecule has 0 fully saturated rings. The molecular weight excluding hydrogens is 217 g/mol. The van der Waals surface area contributed by atoms with Crippen LogP contribution in [0.25, 0.3) is 0 Å². The first kappa shape index (κ1) is 14.6. The van der Waals surface area contributed by atoms with E-state index in [-0.39, 0.29) is 0 Å². The average molecular weight is 237 g/mol. The summed E-state index contributed by atoms with van der Waals surface area (Å²) in [5.74, 6) is -0.462. The molecule has 0 spiro atoms. The van der Waals surface area contributed by atoms with Gasteiger partial charge in [-0.15, -0.1) is 0 Å².